The summed E-state index contributed by atoms with van der Waals surface area (Å²) in [5, 5.41) is 8.52. The van der Waals surface area contributed by atoms with Gasteiger partial charge in [-0.2, -0.15) is 0 Å². The van der Waals surface area contributed by atoms with Gasteiger partial charge in [0.05, 0.1) is 6.61 Å². The zero-order chi connectivity index (χ0) is 12.7. The Morgan fingerprint density at radius 3 is 2.24 bits per heavy atom. The molecule has 0 spiro atoms. The van der Waals surface area contributed by atoms with Gasteiger partial charge in [-0.15, -0.1) is 0 Å². The van der Waals surface area contributed by atoms with Crippen LogP contribution in [0, 0.1) is 0 Å². The molecule has 0 bridgehead atoms. The smallest absolute Gasteiger partial charge is 0.303 e. The van der Waals surface area contributed by atoms with E-state index in [-0.39, 0.29) is 6.42 Å². The monoisotopic (exact) mass is 236 g/mol. The molecule has 0 aromatic heterocycles. The average molecular weight is 236 g/mol. The van der Waals surface area contributed by atoms with Gasteiger partial charge in [0.1, 0.15) is 5.75 Å². The van der Waals surface area contributed by atoms with Crippen molar-refractivity contribution in [2.24, 2.45) is 0 Å². The van der Waals surface area contributed by atoms with Crippen LogP contribution in [0.25, 0.3) is 0 Å². The molecule has 17 heavy (non-hydrogen) atoms. The Morgan fingerprint density at radius 1 is 1.18 bits per heavy atom. The van der Waals surface area contributed by atoms with Gasteiger partial charge in [0, 0.05) is 6.42 Å². The summed E-state index contributed by atoms with van der Waals surface area (Å²) in [6, 6.07) is 6.24. The molecule has 0 heterocycles. The van der Waals surface area contributed by atoms with Crippen molar-refractivity contribution in [2.75, 3.05) is 6.61 Å². The van der Waals surface area contributed by atoms with Gasteiger partial charge in [0.15, 0.2) is 0 Å². The van der Waals surface area contributed by atoms with E-state index in [0.717, 1.165) is 18.6 Å². The first-order valence-corrected chi connectivity index (χ1v) is 6.13. The molecule has 0 aliphatic heterocycles. The summed E-state index contributed by atoms with van der Waals surface area (Å²) in [4.78, 5) is 10.4. The maximum Gasteiger partial charge on any atom is 0.303 e. The first-order chi connectivity index (χ1) is 8.15. The Hall–Kier alpha value is -1.51. The number of hydrogen-bond acceptors (Lipinski definition) is 2. The van der Waals surface area contributed by atoms with Crippen LogP contribution in [0.1, 0.15) is 37.8 Å². The van der Waals surface area contributed by atoms with Crippen molar-refractivity contribution in [1.29, 1.82) is 0 Å². The molecule has 1 rings (SSSR count). The Kier molecular flexibility index (Phi) is 5.53. The lowest BCUT2D eigenvalue weighted by atomic mass is 10.1. The van der Waals surface area contributed by atoms with Gasteiger partial charge in [-0.05, 0) is 42.5 Å². The molecule has 3 nitrogen and oxygen atoms in total. The molecule has 0 unspecified atom stereocenters. The minimum Gasteiger partial charge on any atom is -0.494 e. The van der Waals surface area contributed by atoms with E-state index >= 15 is 0 Å². The van der Waals surface area contributed by atoms with Crippen molar-refractivity contribution < 1.29 is 14.6 Å². The molecule has 0 aliphatic carbocycles. The fourth-order valence-corrected chi connectivity index (χ4v) is 1.63. The number of carboxylic acid groups (broad SMARTS) is 1. The third kappa shape index (κ3) is 4.89. The largest absolute Gasteiger partial charge is 0.494 e. The number of benzene rings is 1. The second-order valence-corrected chi connectivity index (χ2v) is 4.04. The highest BCUT2D eigenvalue weighted by Gasteiger charge is 2.01. The summed E-state index contributed by atoms with van der Waals surface area (Å²) in [7, 11) is 0. The normalized spacial score (nSPS) is 10.2. The van der Waals surface area contributed by atoms with Gasteiger partial charge in [-0.25, -0.2) is 0 Å². The van der Waals surface area contributed by atoms with Gasteiger partial charge in [0.2, 0.25) is 0 Å². The summed E-state index contributed by atoms with van der Waals surface area (Å²) in [5.74, 6) is 0.0803. The molecule has 1 aromatic carbocycles. The van der Waals surface area contributed by atoms with Crippen molar-refractivity contribution >= 4 is 5.97 Å². The molecule has 0 aliphatic rings. The highest BCUT2D eigenvalue weighted by atomic mass is 16.5. The molecule has 94 valence electrons. The summed E-state index contributed by atoms with van der Waals surface area (Å²) < 4.78 is 5.58. The molecule has 0 saturated carbocycles. The molecule has 3 heteroatoms. The Bertz CT molecular complexity index is 349. The van der Waals surface area contributed by atoms with Gasteiger partial charge in [0.25, 0.3) is 0 Å². The number of hydrogen-bond donors (Lipinski definition) is 1. The number of aliphatic carboxylic acids is 1. The minimum absolute atomic E-state index is 0.161. The van der Waals surface area contributed by atoms with Crippen molar-refractivity contribution in [3.05, 3.63) is 29.3 Å². The lowest BCUT2D eigenvalue weighted by molar-refractivity contribution is -0.137. The predicted molar refractivity (Wildman–Crippen MR) is 67.6 cm³/mol. The van der Waals surface area contributed by atoms with E-state index in [1.165, 1.54) is 11.1 Å². The Balaban J connectivity index is 2.54. The highest BCUT2D eigenvalue weighted by Crippen LogP contribution is 2.18. The van der Waals surface area contributed by atoms with Crippen LogP contribution in [0.2, 0.25) is 0 Å². The number of carboxylic acids is 1. The Labute approximate surface area is 102 Å². The average Bonchev–Trinajstić information content (AvgIpc) is 2.34. The van der Waals surface area contributed by atoms with E-state index in [9.17, 15) is 4.79 Å². The summed E-state index contributed by atoms with van der Waals surface area (Å²) >= 11 is 0. The van der Waals surface area contributed by atoms with Crippen LogP contribution in [0.3, 0.4) is 0 Å². The molecule has 0 amide bonds. The molecule has 1 N–H and O–H groups in total. The topological polar surface area (TPSA) is 46.5 Å². The predicted octanol–water partition coefficient (Wildman–Crippen LogP) is 3.06. The second kappa shape index (κ2) is 6.94. The number of ether oxygens (including phenoxy) is 1. The van der Waals surface area contributed by atoms with Crippen LogP contribution in [0.4, 0.5) is 0 Å². The zero-order valence-corrected chi connectivity index (χ0v) is 10.5. The SMILES string of the molecule is CCc1cc(CC)cc(OCCCC(=O)O)c1. The minimum atomic E-state index is -0.773. The van der Waals surface area contributed by atoms with Crippen molar-refractivity contribution in [3.63, 3.8) is 0 Å². The van der Waals surface area contributed by atoms with Crippen molar-refractivity contribution in [2.45, 2.75) is 39.5 Å². The van der Waals surface area contributed by atoms with E-state index in [2.05, 4.69) is 19.9 Å². The van der Waals surface area contributed by atoms with Crippen molar-refractivity contribution in [1.82, 2.24) is 0 Å². The van der Waals surface area contributed by atoms with Crippen LogP contribution in [-0.2, 0) is 17.6 Å². The fraction of sp³-hybridized carbons (Fsp3) is 0.500. The van der Waals surface area contributed by atoms with Crippen LogP contribution in [0.15, 0.2) is 18.2 Å². The highest BCUT2D eigenvalue weighted by molar-refractivity contribution is 5.66. The summed E-state index contributed by atoms with van der Waals surface area (Å²) in [6.07, 6.45) is 2.68. The first-order valence-electron chi connectivity index (χ1n) is 6.13. The molecular weight excluding hydrogens is 216 g/mol. The number of carbonyl (C=O) groups is 1. The van der Waals surface area contributed by atoms with Crippen LogP contribution < -0.4 is 4.74 Å². The fourth-order valence-electron chi connectivity index (χ4n) is 1.63. The van der Waals surface area contributed by atoms with Crippen molar-refractivity contribution in [3.8, 4) is 5.75 Å². The molecular formula is C14H20O3. The molecule has 1 aromatic rings. The maximum absolute atomic E-state index is 10.4. The van der Waals surface area contributed by atoms with Gasteiger partial charge >= 0.3 is 5.97 Å². The third-order valence-corrected chi connectivity index (χ3v) is 2.65. The van der Waals surface area contributed by atoms with E-state index in [4.69, 9.17) is 9.84 Å². The van der Waals surface area contributed by atoms with Crippen LogP contribution in [-0.4, -0.2) is 17.7 Å². The summed E-state index contributed by atoms with van der Waals surface area (Å²) in [5.41, 5.74) is 2.52. The lowest BCUT2D eigenvalue weighted by Gasteiger charge is -2.09. The third-order valence-electron chi connectivity index (χ3n) is 2.65. The molecule has 0 atom stereocenters. The zero-order valence-electron chi connectivity index (χ0n) is 10.5. The molecule has 0 saturated heterocycles. The van der Waals surface area contributed by atoms with Gasteiger partial charge in [-0.1, -0.05) is 19.9 Å². The molecule has 0 radical (unpaired) electrons. The second-order valence-electron chi connectivity index (χ2n) is 4.04. The first kappa shape index (κ1) is 13.6. The quantitative estimate of drug-likeness (QED) is 0.740. The van der Waals surface area contributed by atoms with Crippen LogP contribution >= 0.6 is 0 Å². The summed E-state index contributed by atoms with van der Waals surface area (Å²) in [6.45, 7) is 4.69. The number of rotatable bonds is 7. The van der Waals surface area contributed by atoms with E-state index in [1.807, 2.05) is 12.1 Å². The standard InChI is InChI=1S/C14H20O3/c1-3-11-8-12(4-2)10-13(9-11)17-7-5-6-14(15)16/h8-10H,3-7H2,1-2H3,(H,15,16). The maximum atomic E-state index is 10.4. The number of aryl methyl sites for hydroxylation is 2. The molecule has 0 fully saturated rings. The van der Waals surface area contributed by atoms with E-state index < -0.39 is 5.97 Å². The van der Waals surface area contributed by atoms with Crippen LogP contribution in [0.5, 0.6) is 5.75 Å². The lowest BCUT2D eigenvalue weighted by Crippen LogP contribution is -2.02. The Morgan fingerprint density at radius 2 is 1.76 bits per heavy atom. The van der Waals surface area contributed by atoms with Gasteiger partial charge in [-0.3, -0.25) is 4.79 Å². The van der Waals surface area contributed by atoms with Gasteiger partial charge < -0.3 is 9.84 Å². The van der Waals surface area contributed by atoms with E-state index in [1.54, 1.807) is 0 Å². The van der Waals surface area contributed by atoms with E-state index in [0.29, 0.717) is 13.0 Å².